The number of furan rings is 1. The molecule has 2 heterocycles. The van der Waals surface area contributed by atoms with Crippen molar-refractivity contribution in [3.8, 4) is 11.3 Å². The molecule has 0 saturated carbocycles. The molecular formula is C21H19N3O4. The number of carbonyl (C=O) groups is 2. The number of hydrogen-bond donors (Lipinski definition) is 1. The normalized spacial score (nSPS) is 10.8. The van der Waals surface area contributed by atoms with Gasteiger partial charge in [-0.1, -0.05) is 12.1 Å². The Labute approximate surface area is 162 Å². The molecule has 28 heavy (non-hydrogen) atoms. The van der Waals surface area contributed by atoms with E-state index < -0.39 is 0 Å². The summed E-state index contributed by atoms with van der Waals surface area (Å²) in [6, 6.07) is 13.9. The maximum absolute atomic E-state index is 12.0. The first-order valence-corrected chi connectivity index (χ1v) is 8.70. The third-order valence-electron chi connectivity index (χ3n) is 3.84. The van der Waals surface area contributed by atoms with Gasteiger partial charge in [0.15, 0.2) is 0 Å². The topological polar surface area (TPSA) is 93.8 Å². The van der Waals surface area contributed by atoms with Crippen molar-refractivity contribution in [2.75, 3.05) is 6.61 Å². The molecule has 0 bridgehead atoms. The van der Waals surface area contributed by atoms with E-state index in [-0.39, 0.29) is 11.9 Å². The second kappa shape index (κ2) is 8.77. The summed E-state index contributed by atoms with van der Waals surface area (Å²) >= 11 is 0. The molecule has 142 valence electrons. The molecule has 0 saturated heterocycles. The number of aromatic nitrogens is 1. The molecule has 0 fully saturated rings. The summed E-state index contributed by atoms with van der Waals surface area (Å²) in [6.07, 6.45) is 2.90. The Balaban J connectivity index is 1.62. The van der Waals surface area contributed by atoms with E-state index in [9.17, 15) is 9.59 Å². The Morgan fingerprint density at radius 1 is 1.11 bits per heavy atom. The third kappa shape index (κ3) is 4.70. The highest BCUT2D eigenvalue weighted by atomic mass is 16.5. The first kappa shape index (κ1) is 19.0. The highest BCUT2D eigenvalue weighted by Crippen LogP contribution is 2.22. The van der Waals surface area contributed by atoms with Gasteiger partial charge in [-0.05, 0) is 50.2 Å². The number of rotatable bonds is 6. The number of esters is 1. The van der Waals surface area contributed by atoms with Gasteiger partial charge in [-0.3, -0.25) is 9.78 Å². The number of nitrogens with zero attached hydrogens (tertiary/aromatic N) is 2. The second-order valence-corrected chi connectivity index (χ2v) is 5.89. The molecule has 0 aliphatic heterocycles. The smallest absolute Gasteiger partial charge is 0.338 e. The summed E-state index contributed by atoms with van der Waals surface area (Å²) in [4.78, 5) is 27.7. The largest absolute Gasteiger partial charge is 0.462 e. The fourth-order valence-electron chi connectivity index (χ4n) is 2.38. The lowest BCUT2D eigenvalue weighted by molar-refractivity contribution is 0.0526. The maximum Gasteiger partial charge on any atom is 0.338 e. The Morgan fingerprint density at radius 2 is 1.86 bits per heavy atom. The highest BCUT2D eigenvalue weighted by Gasteiger charge is 2.09. The summed E-state index contributed by atoms with van der Waals surface area (Å²) in [6.45, 7) is 3.94. The molecule has 0 spiro atoms. The van der Waals surface area contributed by atoms with Crippen LogP contribution in [0.25, 0.3) is 11.3 Å². The molecule has 1 N–H and O–H groups in total. The minimum absolute atomic E-state index is 0.332. The number of nitrogens with one attached hydrogen (secondary N) is 1. The van der Waals surface area contributed by atoms with Crippen LogP contribution in [0.15, 0.2) is 64.2 Å². The molecule has 2 aromatic heterocycles. The van der Waals surface area contributed by atoms with Gasteiger partial charge in [0, 0.05) is 17.5 Å². The zero-order valence-corrected chi connectivity index (χ0v) is 15.5. The van der Waals surface area contributed by atoms with E-state index in [0.717, 1.165) is 11.3 Å². The molecule has 0 atom stereocenters. The fraction of sp³-hybridized carbons (Fsp3) is 0.143. The Hall–Kier alpha value is -3.74. The first-order valence-electron chi connectivity index (χ1n) is 8.70. The number of carbonyl (C=O) groups excluding carboxylic acids is 2. The predicted octanol–water partition coefficient (Wildman–Crippen LogP) is 3.59. The molecule has 3 rings (SSSR count). The Bertz CT molecular complexity index is 989. The number of hydrazone groups is 1. The minimum atomic E-state index is -0.360. The number of pyridine rings is 1. The summed E-state index contributed by atoms with van der Waals surface area (Å²) in [5.41, 5.74) is 4.97. The van der Waals surface area contributed by atoms with Gasteiger partial charge in [-0.2, -0.15) is 5.10 Å². The number of aryl methyl sites for hydroxylation is 1. The van der Waals surface area contributed by atoms with Crippen molar-refractivity contribution in [2.45, 2.75) is 13.8 Å². The van der Waals surface area contributed by atoms with E-state index in [1.165, 1.54) is 12.4 Å². The van der Waals surface area contributed by atoms with E-state index >= 15 is 0 Å². The van der Waals surface area contributed by atoms with Gasteiger partial charge >= 0.3 is 5.97 Å². The maximum atomic E-state index is 12.0. The third-order valence-corrected chi connectivity index (χ3v) is 3.84. The van der Waals surface area contributed by atoms with Crippen molar-refractivity contribution in [3.63, 3.8) is 0 Å². The highest BCUT2D eigenvalue weighted by molar-refractivity contribution is 5.94. The van der Waals surface area contributed by atoms with Crippen LogP contribution in [-0.4, -0.2) is 29.7 Å². The van der Waals surface area contributed by atoms with Crippen LogP contribution in [0.3, 0.4) is 0 Å². The van der Waals surface area contributed by atoms with Gasteiger partial charge in [0.25, 0.3) is 5.91 Å². The molecule has 7 nitrogen and oxygen atoms in total. The number of benzene rings is 1. The Kier molecular flexibility index (Phi) is 5.96. The van der Waals surface area contributed by atoms with Crippen molar-refractivity contribution in [1.82, 2.24) is 10.4 Å². The summed E-state index contributed by atoms with van der Waals surface area (Å²) in [5.74, 6) is 0.378. The summed E-state index contributed by atoms with van der Waals surface area (Å²) in [5, 5.41) is 3.90. The summed E-state index contributed by atoms with van der Waals surface area (Å²) < 4.78 is 10.7. The number of hydrogen-bond acceptors (Lipinski definition) is 6. The zero-order valence-electron chi connectivity index (χ0n) is 15.5. The monoisotopic (exact) mass is 377 g/mol. The lowest BCUT2D eigenvalue weighted by atomic mass is 10.1. The van der Waals surface area contributed by atoms with Crippen molar-refractivity contribution in [2.24, 2.45) is 5.10 Å². The standard InChI is InChI=1S/C21H19N3O4/c1-3-27-21(26)16-8-6-15(7-9-16)19-11-10-18(28-19)13-23-24-20(25)17-5-4-14(2)22-12-17/h4-13H,3H2,1-2H3,(H,24,25). The van der Waals surface area contributed by atoms with Crippen LogP contribution in [-0.2, 0) is 4.74 Å². The zero-order chi connectivity index (χ0) is 19.9. The first-order chi connectivity index (χ1) is 13.6. The van der Waals surface area contributed by atoms with Crippen LogP contribution in [0.2, 0.25) is 0 Å². The average Bonchev–Trinajstić information content (AvgIpc) is 3.17. The molecule has 7 heteroatoms. The van der Waals surface area contributed by atoms with E-state index in [1.807, 2.05) is 6.92 Å². The van der Waals surface area contributed by atoms with Gasteiger partial charge in [0.1, 0.15) is 11.5 Å². The molecule has 1 aromatic carbocycles. The molecular weight excluding hydrogens is 358 g/mol. The van der Waals surface area contributed by atoms with Gasteiger partial charge in [-0.25, -0.2) is 10.2 Å². The SMILES string of the molecule is CCOC(=O)c1ccc(-c2ccc(C=NNC(=O)c3ccc(C)nc3)o2)cc1. The minimum Gasteiger partial charge on any atom is -0.462 e. The lowest BCUT2D eigenvalue weighted by Gasteiger charge is -2.02. The van der Waals surface area contributed by atoms with E-state index in [2.05, 4.69) is 15.5 Å². The number of ether oxygens (including phenoxy) is 1. The molecule has 0 aliphatic rings. The van der Waals surface area contributed by atoms with E-state index in [0.29, 0.717) is 29.3 Å². The van der Waals surface area contributed by atoms with Crippen LogP contribution >= 0.6 is 0 Å². The fourth-order valence-corrected chi connectivity index (χ4v) is 2.38. The van der Waals surface area contributed by atoms with Crippen molar-refractivity contribution in [1.29, 1.82) is 0 Å². The van der Waals surface area contributed by atoms with Crippen molar-refractivity contribution < 1.29 is 18.7 Å². The van der Waals surface area contributed by atoms with Gasteiger partial charge in [0.2, 0.25) is 0 Å². The predicted molar refractivity (Wildman–Crippen MR) is 104 cm³/mol. The van der Waals surface area contributed by atoms with E-state index in [1.54, 1.807) is 55.5 Å². The van der Waals surface area contributed by atoms with Crippen LogP contribution < -0.4 is 5.43 Å². The molecule has 0 unspecified atom stereocenters. The van der Waals surface area contributed by atoms with Crippen LogP contribution in [0, 0.1) is 6.92 Å². The molecule has 0 aliphatic carbocycles. The summed E-state index contributed by atoms with van der Waals surface area (Å²) in [7, 11) is 0. The van der Waals surface area contributed by atoms with Gasteiger partial charge in [-0.15, -0.1) is 0 Å². The van der Waals surface area contributed by atoms with Crippen molar-refractivity contribution in [3.05, 3.63) is 77.3 Å². The average molecular weight is 377 g/mol. The second-order valence-electron chi connectivity index (χ2n) is 5.89. The van der Waals surface area contributed by atoms with Gasteiger partial charge < -0.3 is 9.15 Å². The number of amides is 1. The van der Waals surface area contributed by atoms with Gasteiger partial charge in [0.05, 0.1) is 23.9 Å². The van der Waals surface area contributed by atoms with Crippen molar-refractivity contribution >= 4 is 18.1 Å². The van der Waals surface area contributed by atoms with E-state index in [4.69, 9.17) is 9.15 Å². The van der Waals surface area contributed by atoms with Crippen LogP contribution in [0.4, 0.5) is 0 Å². The molecule has 1 amide bonds. The lowest BCUT2D eigenvalue weighted by Crippen LogP contribution is -2.17. The molecule has 3 aromatic rings. The van der Waals surface area contributed by atoms with Crippen LogP contribution in [0.1, 0.15) is 39.1 Å². The molecule has 0 radical (unpaired) electrons. The van der Waals surface area contributed by atoms with Crippen LogP contribution in [0.5, 0.6) is 0 Å². The Morgan fingerprint density at radius 3 is 2.54 bits per heavy atom. The quantitative estimate of drug-likeness (QED) is 0.402.